The average molecular weight is 230 g/mol. The fourth-order valence-electron chi connectivity index (χ4n) is 1.86. The zero-order chi connectivity index (χ0) is 9.97. The van der Waals surface area contributed by atoms with E-state index in [2.05, 4.69) is 4.90 Å². The first-order valence-corrected chi connectivity index (χ1v) is 4.98. The third-order valence-electron chi connectivity index (χ3n) is 2.64. The summed E-state index contributed by atoms with van der Waals surface area (Å²) in [5.74, 6) is 0. The lowest BCUT2D eigenvalue weighted by atomic mass is 9.80. The van der Waals surface area contributed by atoms with Gasteiger partial charge in [0, 0.05) is 20.2 Å². The molecule has 1 fully saturated rings. The van der Waals surface area contributed by atoms with Crippen molar-refractivity contribution in [3.05, 3.63) is 24.3 Å². The van der Waals surface area contributed by atoms with Crippen LogP contribution in [0.25, 0.3) is 0 Å². The number of rotatable bonds is 2. The summed E-state index contributed by atoms with van der Waals surface area (Å²) in [4.78, 5) is 2.27. The highest BCUT2D eigenvalue weighted by Crippen LogP contribution is 2.18. The lowest BCUT2D eigenvalue weighted by Gasteiger charge is -2.18. The van der Waals surface area contributed by atoms with E-state index in [1.54, 1.807) is 6.07 Å². The summed E-state index contributed by atoms with van der Waals surface area (Å²) >= 11 is 0. The molecule has 0 aromatic heterocycles. The Labute approximate surface area is 97.8 Å². The molecule has 5 heteroatoms. The first kappa shape index (κ1) is 12.4. The summed E-state index contributed by atoms with van der Waals surface area (Å²) in [5.41, 5.74) is 1.66. The van der Waals surface area contributed by atoms with Gasteiger partial charge >= 0.3 is 7.12 Å². The highest BCUT2D eigenvalue weighted by atomic mass is 35.5. The van der Waals surface area contributed by atoms with Crippen molar-refractivity contribution in [2.45, 2.75) is 12.8 Å². The van der Waals surface area contributed by atoms with Crippen LogP contribution in [0.1, 0.15) is 14.3 Å². The molecule has 2 rings (SSSR count). The number of nitrogens with zero attached hydrogens (tertiary/aromatic N) is 1. The molecule has 84 valence electrons. The van der Waals surface area contributed by atoms with E-state index in [1.807, 2.05) is 18.2 Å². The summed E-state index contributed by atoms with van der Waals surface area (Å²) in [7, 11) is -1.36. The maximum atomic E-state index is 9.03. The van der Waals surface area contributed by atoms with Crippen LogP contribution < -0.4 is 10.4 Å². The van der Waals surface area contributed by atoms with Gasteiger partial charge in [-0.05, 0) is 30.4 Å². The lowest BCUT2D eigenvalue weighted by Crippen LogP contribution is -2.30. The zero-order valence-electron chi connectivity index (χ0n) is 8.47. The van der Waals surface area contributed by atoms with Crippen LogP contribution in [0.2, 0.25) is 0 Å². The van der Waals surface area contributed by atoms with Crippen LogP contribution in [0.4, 0.5) is 5.69 Å². The Bertz CT molecular complexity index is 321. The molecule has 3 nitrogen and oxygen atoms in total. The van der Waals surface area contributed by atoms with Crippen LogP contribution >= 0.6 is 12.4 Å². The number of benzene rings is 1. The normalized spacial score (nSPS) is 14.9. The molecule has 15 heavy (non-hydrogen) atoms. The zero-order valence-corrected chi connectivity index (χ0v) is 9.28. The quantitative estimate of drug-likeness (QED) is 0.732. The fourth-order valence-corrected chi connectivity index (χ4v) is 1.86. The third-order valence-corrected chi connectivity index (χ3v) is 2.64. The van der Waals surface area contributed by atoms with E-state index >= 15 is 0 Å². The molecular formula is C10H17BClNO2. The smallest absolute Gasteiger partial charge is 0.423 e. The number of hydrogen-bond acceptors (Lipinski definition) is 3. The van der Waals surface area contributed by atoms with Crippen LogP contribution in [0.3, 0.4) is 0 Å². The molecule has 0 atom stereocenters. The van der Waals surface area contributed by atoms with Crippen LogP contribution in [0.15, 0.2) is 24.3 Å². The maximum absolute atomic E-state index is 9.03. The molecule has 1 aromatic rings. The third kappa shape index (κ3) is 2.87. The van der Waals surface area contributed by atoms with E-state index < -0.39 is 7.12 Å². The van der Waals surface area contributed by atoms with E-state index in [0.717, 1.165) is 18.8 Å². The second-order valence-corrected chi connectivity index (χ2v) is 3.66. The Morgan fingerprint density at radius 1 is 1.20 bits per heavy atom. The standard InChI is InChI=1S/C10H14BNO2.ClH.H2/c13-11(14)9-4-3-5-10(8-9)12-6-1-2-7-12;;/h3-5,8,13-14H,1-2,6-7H2;2*1H. The minimum Gasteiger partial charge on any atom is -0.423 e. The first-order valence-electron chi connectivity index (χ1n) is 4.98. The molecule has 0 bridgehead atoms. The molecule has 0 radical (unpaired) electrons. The summed E-state index contributed by atoms with van der Waals surface area (Å²) in [6, 6.07) is 7.44. The molecule has 1 heterocycles. The Hall–Kier alpha value is -0.705. The van der Waals surface area contributed by atoms with E-state index in [-0.39, 0.29) is 13.8 Å². The van der Waals surface area contributed by atoms with Crippen molar-refractivity contribution in [2.24, 2.45) is 0 Å². The van der Waals surface area contributed by atoms with Crippen molar-refractivity contribution in [3.8, 4) is 0 Å². The molecule has 2 N–H and O–H groups in total. The molecule has 0 spiro atoms. The topological polar surface area (TPSA) is 43.7 Å². The summed E-state index contributed by atoms with van der Waals surface area (Å²) < 4.78 is 0. The Kier molecular flexibility index (Phi) is 4.45. The van der Waals surface area contributed by atoms with Crippen molar-refractivity contribution in [1.29, 1.82) is 0 Å². The molecular weight excluding hydrogens is 212 g/mol. The van der Waals surface area contributed by atoms with Gasteiger partial charge in [0.2, 0.25) is 0 Å². The minimum atomic E-state index is -1.36. The number of anilines is 1. The van der Waals surface area contributed by atoms with E-state index in [1.165, 1.54) is 12.8 Å². The van der Waals surface area contributed by atoms with Crippen molar-refractivity contribution in [1.82, 2.24) is 0 Å². The van der Waals surface area contributed by atoms with Gasteiger partial charge in [-0.25, -0.2) is 0 Å². The fraction of sp³-hybridized carbons (Fsp3) is 0.400. The second-order valence-electron chi connectivity index (χ2n) is 3.66. The minimum absolute atomic E-state index is 0. The predicted octanol–water partition coefficient (Wildman–Crippen LogP) is 0.634. The largest absolute Gasteiger partial charge is 0.488 e. The SMILES string of the molecule is Cl.OB(O)c1cccc(N2CCCC2)c1.[HH]. The van der Waals surface area contributed by atoms with Crippen molar-refractivity contribution < 1.29 is 11.5 Å². The summed E-state index contributed by atoms with van der Waals surface area (Å²) in [6.45, 7) is 2.15. The van der Waals surface area contributed by atoms with Gasteiger partial charge in [0.05, 0.1) is 0 Å². The van der Waals surface area contributed by atoms with Crippen LogP contribution in [-0.2, 0) is 0 Å². The van der Waals surface area contributed by atoms with Gasteiger partial charge in [0.15, 0.2) is 0 Å². The lowest BCUT2D eigenvalue weighted by molar-refractivity contribution is 0.426. The molecule has 0 aliphatic carbocycles. The Morgan fingerprint density at radius 3 is 2.47 bits per heavy atom. The monoisotopic (exact) mass is 229 g/mol. The number of hydrogen-bond donors (Lipinski definition) is 2. The van der Waals surface area contributed by atoms with Gasteiger partial charge in [0.25, 0.3) is 0 Å². The second kappa shape index (κ2) is 5.40. The molecule has 1 aliphatic heterocycles. The molecule has 0 saturated carbocycles. The van der Waals surface area contributed by atoms with Gasteiger partial charge < -0.3 is 14.9 Å². The number of halogens is 1. The van der Waals surface area contributed by atoms with E-state index in [0.29, 0.717) is 5.46 Å². The molecule has 1 aliphatic rings. The molecule has 0 unspecified atom stereocenters. The van der Waals surface area contributed by atoms with E-state index in [4.69, 9.17) is 10.0 Å². The van der Waals surface area contributed by atoms with Crippen molar-refractivity contribution in [2.75, 3.05) is 18.0 Å². The predicted molar refractivity (Wildman–Crippen MR) is 67.1 cm³/mol. The maximum Gasteiger partial charge on any atom is 0.488 e. The average Bonchev–Trinajstić information content (AvgIpc) is 2.71. The van der Waals surface area contributed by atoms with Crippen LogP contribution in [0, 0.1) is 0 Å². The van der Waals surface area contributed by atoms with Crippen LogP contribution in [0.5, 0.6) is 0 Å². The Balaban J connectivity index is 0.00000112. The van der Waals surface area contributed by atoms with Gasteiger partial charge in [-0.15, -0.1) is 12.4 Å². The van der Waals surface area contributed by atoms with E-state index in [9.17, 15) is 0 Å². The summed E-state index contributed by atoms with van der Waals surface area (Å²) in [6.07, 6.45) is 2.46. The summed E-state index contributed by atoms with van der Waals surface area (Å²) in [5, 5.41) is 18.1. The molecule has 1 saturated heterocycles. The molecule has 1 aromatic carbocycles. The van der Waals surface area contributed by atoms with Crippen LogP contribution in [-0.4, -0.2) is 30.3 Å². The highest BCUT2D eigenvalue weighted by molar-refractivity contribution is 6.58. The van der Waals surface area contributed by atoms with Gasteiger partial charge in [0.1, 0.15) is 0 Å². The van der Waals surface area contributed by atoms with Gasteiger partial charge in [-0.2, -0.15) is 0 Å². The molecule has 0 amide bonds. The van der Waals surface area contributed by atoms with Crippen molar-refractivity contribution >= 4 is 30.7 Å². The van der Waals surface area contributed by atoms with Gasteiger partial charge in [-0.3, -0.25) is 0 Å². The highest BCUT2D eigenvalue weighted by Gasteiger charge is 2.15. The Morgan fingerprint density at radius 2 is 1.87 bits per heavy atom. The van der Waals surface area contributed by atoms with Gasteiger partial charge in [-0.1, -0.05) is 12.1 Å². The first-order chi connectivity index (χ1) is 6.77. The van der Waals surface area contributed by atoms with Crippen molar-refractivity contribution in [3.63, 3.8) is 0 Å².